The first-order valence-electron chi connectivity index (χ1n) is 13.6. The topological polar surface area (TPSA) is 17.8 Å². The molecule has 0 spiro atoms. The van der Waals surface area contributed by atoms with Crippen molar-refractivity contribution in [1.29, 1.82) is 0 Å². The van der Waals surface area contributed by atoms with Crippen LogP contribution in [0, 0.1) is 0 Å². The van der Waals surface area contributed by atoms with Gasteiger partial charge in [-0.15, -0.1) is 19.1 Å². The van der Waals surface area contributed by atoms with Gasteiger partial charge in [0.1, 0.15) is 0 Å². The van der Waals surface area contributed by atoms with Gasteiger partial charge in [0.05, 0.1) is 21.0 Å². The minimum Gasteiger partial charge on any atom is -0.327 e. The van der Waals surface area contributed by atoms with Crippen LogP contribution in [0.3, 0.4) is 0 Å². The van der Waals surface area contributed by atoms with E-state index in [4.69, 9.17) is 0 Å². The molecule has 4 heteroatoms. The molecular formula is C35H37BN2Si. The summed E-state index contributed by atoms with van der Waals surface area (Å²) in [6.07, 6.45) is 7.05. The second-order valence-electron chi connectivity index (χ2n) is 9.91. The SMILES string of the molecule is C=C(C)CC[SiH2]C(c1ccccc1)(c1ccccc1)n1ccnc1.C=CB(c1ccccc1)c1ccccc1. The first-order chi connectivity index (χ1) is 19.1. The van der Waals surface area contributed by atoms with Crippen LogP contribution in [0.5, 0.6) is 0 Å². The molecule has 1 aromatic heterocycles. The molecule has 1 heterocycles. The molecule has 0 radical (unpaired) electrons. The van der Waals surface area contributed by atoms with Crippen LogP contribution < -0.4 is 10.9 Å². The lowest BCUT2D eigenvalue weighted by Crippen LogP contribution is -2.41. The van der Waals surface area contributed by atoms with Crippen LogP contribution in [0.4, 0.5) is 0 Å². The van der Waals surface area contributed by atoms with Crippen molar-refractivity contribution in [2.45, 2.75) is 24.6 Å². The molecule has 0 saturated heterocycles. The molecule has 0 aliphatic heterocycles. The van der Waals surface area contributed by atoms with Gasteiger partial charge in [-0.2, -0.15) is 0 Å². The Bertz CT molecular complexity index is 1320. The number of hydrogen-bond acceptors (Lipinski definition) is 1. The maximum absolute atomic E-state index is 4.35. The van der Waals surface area contributed by atoms with Gasteiger partial charge in [-0.05, 0) is 24.5 Å². The molecule has 0 fully saturated rings. The Labute approximate surface area is 236 Å². The summed E-state index contributed by atoms with van der Waals surface area (Å²) in [6.45, 7) is 10.4. The zero-order valence-electron chi connectivity index (χ0n) is 22.9. The maximum atomic E-state index is 4.35. The number of hydrogen-bond donors (Lipinski definition) is 0. The summed E-state index contributed by atoms with van der Waals surface area (Å²) in [6, 6.07) is 43.8. The lowest BCUT2D eigenvalue weighted by molar-refractivity contribution is 0.590. The Hall–Kier alpha value is -4.15. The van der Waals surface area contributed by atoms with Crippen LogP contribution in [0.15, 0.2) is 165 Å². The van der Waals surface area contributed by atoms with Gasteiger partial charge in [-0.3, -0.25) is 0 Å². The van der Waals surface area contributed by atoms with Crippen molar-refractivity contribution in [3.63, 3.8) is 0 Å². The van der Waals surface area contributed by atoms with Crippen molar-refractivity contribution >= 4 is 27.2 Å². The summed E-state index contributed by atoms with van der Waals surface area (Å²) in [5, 5.41) is -0.103. The fraction of sp³-hybridized carbons (Fsp3) is 0.114. The third kappa shape index (κ3) is 7.04. The minimum atomic E-state index is -0.528. The van der Waals surface area contributed by atoms with Gasteiger partial charge < -0.3 is 4.57 Å². The molecule has 0 bridgehead atoms. The highest BCUT2D eigenvalue weighted by atomic mass is 28.2. The summed E-state index contributed by atoms with van der Waals surface area (Å²) >= 11 is 0. The number of rotatable bonds is 10. The van der Waals surface area contributed by atoms with Gasteiger partial charge in [0.25, 0.3) is 0 Å². The molecule has 39 heavy (non-hydrogen) atoms. The van der Waals surface area contributed by atoms with Gasteiger partial charge in [0.15, 0.2) is 0 Å². The average molecular weight is 525 g/mol. The highest BCUT2D eigenvalue weighted by Gasteiger charge is 2.35. The van der Waals surface area contributed by atoms with E-state index in [0.29, 0.717) is 6.71 Å². The normalized spacial score (nSPS) is 11.0. The molecule has 5 rings (SSSR count). The van der Waals surface area contributed by atoms with E-state index >= 15 is 0 Å². The molecule has 0 atom stereocenters. The van der Waals surface area contributed by atoms with Gasteiger partial charge in [-0.1, -0.05) is 144 Å². The van der Waals surface area contributed by atoms with Crippen LogP contribution in [-0.2, 0) is 5.16 Å². The van der Waals surface area contributed by atoms with Crippen LogP contribution >= 0.6 is 0 Å². The second-order valence-corrected chi connectivity index (χ2v) is 12.1. The zero-order valence-corrected chi connectivity index (χ0v) is 24.3. The number of allylic oxidation sites excluding steroid dienone is 1. The lowest BCUT2D eigenvalue weighted by Gasteiger charge is -2.37. The quantitative estimate of drug-likeness (QED) is 0.157. The van der Waals surface area contributed by atoms with Crippen molar-refractivity contribution in [1.82, 2.24) is 9.55 Å². The molecule has 0 saturated carbocycles. The van der Waals surface area contributed by atoms with E-state index in [-0.39, 0.29) is 5.16 Å². The van der Waals surface area contributed by atoms with E-state index in [1.807, 2.05) is 30.6 Å². The molecule has 0 aliphatic carbocycles. The molecule has 0 aliphatic rings. The van der Waals surface area contributed by atoms with E-state index in [1.165, 1.54) is 33.7 Å². The Balaban J connectivity index is 0.000000202. The zero-order chi connectivity index (χ0) is 27.3. The Morgan fingerprint density at radius 2 is 1.26 bits per heavy atom. The third-order valence-corrected chi connectivity index (χ3v) is 9.76. The maximum Gasteiger partial charge on any atom is 0.233 e. The van der Waals surface area contributed by atoms with Crippen molar-refractivity contribution in [3.8, 4) is 0 Å². The monoisotopic (exact) mass is 524 g/mol. The Kier molecular flexibility index (Phi) is 10.1. The molecule has 194 valence electrons. The van der Waals surface area contributed by atoms with Gasteiger partial charge in [0.2, 0.25) is 6.71 Å². The highest BCUT2D eigenvalue weighted by Crippen LogP contribution is 2.34. The number of benzene rings is 4. The lowest BCUT2D eigenvalue weighted by atomic mass is 9.41. The van der Waals surface area contributed by atoms with Crippen LogP contribution in [0.25, 0.3) is 0 Å². The highest BCUT2D eigenvalue weighted by molar-refractivity contribution is 6.89. The molecular weight excluding hydrogens is 487 g/mol. The summed E-state index contributed by atoms with van der Waals surface area (Å²) in [4.78, 5) is 4.35. The predicted octanol–water partition coefficient (Wildman–Crippen LogP) is 6.21. The first kappa shape index (κ1) is 27.9. The van der Waals surface area contributed by atoms with Crippen molar-refractivity contribution in [2.75, 3.05) is 0 Å². The Morgan fingerprint density at radius 3 is 1.64 bits per heavy atom. The van der Waals surface area contributed by atoms with Gasteiger partial charge >= 0.3 is 0 Å². The molecule has 0 N–H and O–H groups in total. The number of imidazole rings is 1. The minimum absolute atomic E-state index is 0.103. The van der Waals surface area contributed by atoms with E-state index in [9.17, 15) is 0 Å². The largest absolute Gasteiger partial charge is 0.327 e. The van der Waals surface area contributed by atoms with Gasteiger partial charge in [-0.25, -0.2) is 4.98 Å². The fourth-order valence-corrected chi connectivity index (χ4v) is 8.01. The molecule has 4 aromatic carbocycles. The summed E-state index contributed by atoms with van der Waals surface area (Å²) in [7, 11) is -0.528. The fourth-order valence-electron chi connectivity index (χ4n) is 5.23. The average Bonchev–Trinajstić information content (AvgIpc) is 3.54. The molecule has 0 amide bonds. The predicted molar refractivity (Wildman–Crippen MR) is 172 cm³/mol. The summed E-state index contributed by atoms with van der Waals surface area (Å²) in [5.74, 6) is 1.99. The van der Waals surface area contributed by atoms with E-state index in [0.717, 1.165) is 6.42 Å². The second kappa shape index (κ2) is 14.1. The van der Waals surface area contributed by atoms with Crippen molar-refractivity contribution < 1.29 is 0 Å². The van der Waals surface area contributed by atoms with Crippen LogP contribution in [0.1, 0.15) is 24.5 Å². The molecule has 2 nitrogen and oxygen atoms in total. The first-order valence-corrected chi connectivity index (χ1v) is 15.3. The van der Waals surface area contributed by atoms with E-state index in [2.05, 4.69) is 145 Å². The third-order valence-electron chi connectivity index (χ3n) is 7.14. The van der Waals surface area contributed by atoms with Crippen LogP contribution in [0.2, 0.25) is 6.04 Å². The number of aromatic nitrogens is 2. The molecule has 5 aromatic rings. The van der Waals surface area contributed by atoms with Gasteiger partial charge in [0, 0.05) is 12.4 Å². The smallest absolute Gasteiger partial charge is 0.233 e. The molecule has 0 unspecified atom stereocenters. The standard InChI is InChI=1S/C21H24N2Si.C14H13B/c1-18(2)13-16-24-21(23-15-14-22-17-23,19-9-5-3-6-10-19)20-11-7-4-8-12-20;1-2-15(13-9-5-3-6-10-13)14-11-7-4-8-12-14/h3-12,14-15,17H,1,13,16,24H2,2H3;2-12H,1H2. The summed E-state index contributed by atoms with van der Waals surface area (Å²) < 4.78 is 2.31. The van der Waals surface area contributed by atoms with Crippen LogP contribution in [-0.4, -0.2) is 25.8 Å². The van der Waals surface area contributed by atoms with E-state index < -0.39 is 9.52 Å². The van der Waals surface area contributed by atoms with E-state index in [1.54, 1.807) is 0 Å². The summed E-state index contributed by atoms with van der Waals surface area (Å²) in [5.41, 5.74) is 6.55. The van der Waals surface area contributed by atoms with Crippen molar-refractivity contribution in [2.24, 2.45) is 0 Å². The van der Waals surface area contributed by atoms with Crippen molar-refractivity contribution in [3.05, 3.63) is 176 Å². The number of nitrogens with zero attached hydrogens (tertiary/aromatic N) is 2. The Morgan fingerprint density at radius 1 is 0.795 bits per heavy atom.